The quantitative estimate of drug-likeness (QED) is 0.585. The maximum Gasteiger partial charge on any atom is 0.422 e. The van der Waals surface area contributed by atoms with Crippen molar-refractivity contribution in [2.75, 3.05) is 32.8 Å². The van der Waals surface area contributed by atoms with Gasteiger partial charge in [0.1, 0.15) is 13.1 Å². The lowest BCUT2D eigenvalue weighted by atomic mass is 10.1. The second-order valence-corrected chi connectivity index (χ2v) is 5.76. The highest BCUT2D eigenvalue weighted by Crippen LogP contribution is 2.17. The molecule has 2 heterocycles. The minimum Gasteiger partial charge on any atom is -0.477 e. The van der Waals surface area contributed by atoms with E-state index in [0.717, 1.165) is 51.9 Å². The van der Waals surface area contributed by atoms with Gasteiger partial charge in [0.2, 0.25) is 6.21 Å². The minimum atomic E-state index is -4.29. The Balaban J connectivity index is 2.02. The molecule has 21 heavy (non-hydrogen) atoms. The molecular weight excluding hydrogens is 281 g/mol. The normalized spacial score (nSPS) is 21.4. The fourth-order valence-electron chi connectivity index (χ4n) is 2.73. The van der Waals surface area contributed by atoms with Crippen molar-refractivity contribution in [1.82, 2.24) is 4.90 Å². The molecule has 6 heteroatoms. The number of nitrogens with zero attached hydrogens (tertiary/aromatic N) is 2. The summed E-state index contributed by atoms with van der Waals surface area (Å²) in [6.45, 7) is 2.36. The van der Waals surface area contributed by atoms with Crippen LogP contribution in [-0.2, 0) is 4.74 Å². The number of hydrogen-bond acceptors (Lipinski definition) is 2. The zero-order valence-corrected chi connectivity index (χ0v) is 12.4. The van der Waals surface area contributed by atoms with Gasteiger partial charge >= 0.3 is 6.18 Å². The first kappa shape index (κ1) is 16.2. The van der Waals surface area contributed by atoms with Gasteiger partial charge in [-0.25, -0.2) is 4.58 Å². The molecule has 0 aromatic heterocycles. The smallest absolute Gasteiger partial charge is 0.422 e. The highest BCUT2D eigenvalue weighted by Gasteiger charge is 2.29. The summed E-state index contributed by atoms with van der Waals surface area (Å²) >= 11 is 0. The second-order valence-electron chi connectivity index (χ2n) is 5.76. The Kier molecular flexibility index (Phi) is 5.94. The van der Waals surface area contributed by atoms with Crippen molar-refractivity contribution in [3.63, 3.8) is 0 Å². The summed E-state index contributed by atoms with van der Waals surface area (Å²) < 4.78 is 44.2. The largest absolute Gasteiger partial charge is 0.477 e. The Morgan fingerprint density at radius 3 is 2.24 bits per heavy atom. The number of alkyl halides is 3. The number of rotatable bonds is 4. The van der Waals surface area contributed by atoms with Crippen LogP contribution >= 0.6 is 0 Å². The van der Waals surface area contributed by atoms with Crippen LogP contribution in [0.15, 0.2) is 12.0 Å². The highest BCUT2D eigenvalue weighted by atomic mass is 19.4. The van der Waals surface area contributed by atoms with E-state index in [0.29, 0.717) is 5.76 Å². The van der Waals surface area contributed by atoms with Gasteiger partial charge in [0, 0.05) is 32.1 Å². The van der Waals surface area contributed by atoms with E-state index in [-0.39, 0.29) is 0 Å². The predicted molar refractivity (Wildman–Crippen MR) is 75.4 cm³/mol. The number of hydrogen-bond donors (Lipinski definition) is 0. The van der Waals surface area contributed by atoms with Crippen molar-refractivity contribution in [2.45, 2.75) is 44.7 Å². The SMILES string of the molecule is FC(F)(F)CO/C(C=[N+]1CCCCC1)=C\N1CCCCC1. The van der Waals surface area contributed by atoms with Crippen LogP contribution in [0.2, 0.25) is 0 Å². The van der Waals surface area contributed by atoms with Gasteiger partial charge < -0.3 is 9.64 Å². The lowest BCUT2D eigenvalue weighted by Crippen LogP contribution is -2.28. The predicted octanol–water partition coefficient (Wildman–Crippen LogP) is 3.16. The van der Waals surface area contributed by atoms with E-state index in [1.54, 1.807) is 12.4 Å². The molecule has 0 aliphatic carbocycles. The molecule has 2 aliphatic rings. The molecule has 2 fully saturated rings. The van der Waals surface area contributed by atoms with Gasteiger partial charge in [-0.15, -0.1) is 0 Å². The van der Waals surface area contributed by atoms with Crippen LogP contribution in [-0.4, -0.2) is 54.7 Å². The average molecular weight is 305 g/mol. The van der Waals surface area contributed by atoms with Gasteiger partial charge in [0.05, 0.1) is 0 Å². The molecule has 0 saturated carbocycles. The average Bonchev–Trinajstić information content (AvgIpc) is 2.46. The maximum atomic E-state index is 12.4. The third kappa shape index (κ3) is 6.40. The number of likely N-dealkylation sites (tertiary alicyclic amines) is 1. The Morgan fingerprint density at radius 2 is 1.62 bits per heavy atom. The summed E-state index contributed by atoms with van der Waals surface area (Å²) in [6.07, 6.45) is 5.95. The van der Waals surface area contributed by atoms with Crippen LogP contribution in [0.1, 0.15) is 38.5 Å². The summed E-state index contributed by atoms with van der Waals surface area (Å²) in [4.78, 5) is 2.07. The van der Waals surface area contributed by atoms with Crippen molar-refractivity contribution in [3.05, 3.63) is 12.0 Å². The van der Waals surface area contributed by atoms with Crippen molar-refractivity contribution < 1.29 is 22.5 Å². The molecule has 0 aromatic carbocycles. The van der Waals surface area contributed by atoms with Gasteiger partial charge in [-0.3, -0.25) is 0 Å². The van der Waals surface area contributed by atoms with Gasteiger partial charge in [-0.05, 0) is 25.7 Å². The summed E-state index contributed by atoms with van der Waals surface area (Å²) in [5.41, 5.74) is 0. The van der Waals surface area contributed by atoms with Crippen molar-refractivity contribution in [3.8, 4) is 0 Å². The molecule has 0 spiro atoms. The summed E-state index contributed by atoms with van der Waals surface area (Å²) in [7, 11) is 0. The van der Waals surface area contributed by atoms with Crippen LogP contribution in [0.3, 0.4) is 0 Å². The van der Waals surface area contributed by atoms with E-state index >= 15 is 0 Å². The van der Waals surface area contributed by atoms with Crippen LogP contribution in [0.4, 0.5) is 13.2 Å². The Hall–Kier alpha value is -1.20. The highest BCUT2D eigenvalue weighted by molar-refractivity contribution is 5.71. The lowest BCUT2D eigenvalue weighted by molar-refractivity contribution is -0.533. The summed E-state index contributed by atoms with van der Waals surface area (Å²) in [6, 6.07) is 0. The lowest BCUT2D eigenvalue weighted by Gasteiger charge is -2.25. The van der Waals surface area contributed by atoms with E-state index in [1.807, 2.05) is 0 Å². The van der Waals surface area contributed by atoms with Crippen molar-refractivity contribution >= 4 is 6.21 Å². The maximum absolute atomic E-state index is 12.4. The monoisotopic (exact) mass is 305 g/mol. The van der Waals surface area contributed by atoms with Gasteiger partial charge in [-0.1, -0.05) is 0 Å². The molecule has 2 rings (SSSR count). The number of halogens is 3. The van der Waals surface area contributed by atoms with Crippen molar-refractivity contribution in [2.24, 2.45) is 0 Å². The molecule has 0 amide bonds. The second kappa shape index (κ2) is 7.71. The fourth-order valence-corrected chi connectivity index (χ4v) is 2.73. The van der Waals surface area contributed by atoms with E-state index in [2.05, 4.69) is 9.48 Å². The summed E-state index contributed by atoms with van der Waals surface area (Å²) in [5, 5.41) is 0. The van der Waals surface area contributed by atoms with Crippen LogP contribution in [0.25, 0.3) is 0 Å². The minimum absolute atomic E-state index is 0.330. The van der Waals surface area contributed by atoms with Crippen LogP contribution in [0, 0.1) is 0 Å². The molecule has 0 aromatic rings. The van der Waals surface area contributed by atoms with E-state index < -0.39 is 12.8 Å². The topological polar surface area (TPSA) is 15.5 Å². The molecule has 0 unspecified atom stereocenters. The molecule has 2 aliphatic heterocycles. The van der Waals surface area contributed by atoms with E-state index in [1.165, 1.54) is 12.8 Å². The van der Waals surface area contributed by atoms with Gasteiger partial charge in [-0.2, -0.15) is 13.2 Å². The molecule has 0 atom stereocenters. The fraction of sp³-hybridized carbons (Fsp3) is 0.800. The van der Waals surface area contributed by atoms with E-state index in [4.69, 9.17) is 4.74 Å². The summed E-state index contributed by atoms with van der Waals surface area (Å²) in [5.74, 6) is 0.330. The number of piperidine rings is 2. The molecule has 120 valence electrons. The first-order valence-electron chi connectivity index (χ1n) is 7.77. The van der Waals surface area contributed by atoms with Gasteiger partial charge in [0.25, 0.3) is 0 Å². The van der Waals surface area contributed by atoms with Crippen molar-refractivity contribution in [1.29, 1.82) is 0 Å². The molecule has 3 nitrogen and oxygen atoms in total. The van der Waals surface area contributed by atoms with Gasteiger partial charge in [0.15, 0.2) is 12.4 Å². The molecule has 0 N–H and O–H groups in total. The van der Waals surface area contributed by atoms with Crippen LogP contribution in [0.5, 0.6) is 0 Å². The Morgan fingerprint density at radius 1 is 1.00 bits per heavy atom. The first-order chi connectivity index (χ1) is 10.0. The molecule has 0 radical (unpaired) electrons. The van der Waals surface area contributed by atoms with Crippen LogP contribution < -0.4 is 0 Å². The zero-order valence-electron chi connectivity index (χ0n) is 12.4. The third-order valence-electron chi connectivity index (χ3n) is 3.80. The third-order valence-corrected chi connectivity index (χ3v) is 3.80. The molecule has 0 bridgehead atoms. The standard InChI is InChI=1S/C15H24F3N2O/c16-15(17,18)13-21-14(11-19-7-3-1-4-8-19)12-20-9-5-2-6-10-20/h11-12H,1-10,13H2/q+1. The Bertz CT molecular complexity index is 377. The Labute approximate surface area is 124 Å². The number of ether oxygens (including phenoxy) is 1. The zero-order chi connectivity index (χ0) is 15.1. The molecule has 2 saturated heterocycles. The first-order valence-corrected chi connectivity index (χ1v) is 7.77. The molecular formula is C15H24F3N2O+. The number of allylic oxidation sites excluding steroid dienone is 1. The van der Waals surface area contributed by atoms with E-state index in [9.17, 15) is 13.2 Å².